The highest BCUT2D eigenvalue weighted by atomic mass is 79.9. The van der Waals surface area contributed by atoms with E-state index in [2.05, 4.69) is 46.4 Å². The molecule has 1 aromatic carbocycles. The van der Waals surface area contributed by atoms with Gasteiger partial charge in [0.25, 0.3) is 0 Å². The van der Waals surface area contributed by atoms with Gasteiger partial charge in [0.15, 0.2) is 0 Å². The predicted molar refractivity (Wildman–Crippen MR) is 68.1 cm³/mol. The quantitative estimate of drug-likeness (QED) is 0.818. The van der Waals surface area contributed by atoms with Crippen molar-refractivity contribution in [3.63, 3.8) is 0 Å². The van der Waals surface area contributed by atoms with E-state index in [1.54, 1.807) is 0 Å². The van der Waals surface area contributed by atoms with Crippen molar-refractivity contribution < 1.29 is 0 Å². The number of hydrogen-bond donors (Lipinski definition) is 1. The van der Waals surface area contributed by atoms with E-state index in [9.17, 15) is 0 Å². The molecule has 0 saturated heterocycles. The Balaban J connectivity index is 2.02. The molecule has 1 aliphatic carbocycles. The molecular formula is C13H18BrN. The molecule has 2 heteroatoms. The highest BCUT2D eigenvalue weighted by molar-refractivity contribution is 9.10. The molecular weight excluding hydrogens is 250 g/mol. The molecule has 0 aromatic heterocycles. The molecule has 0 aliphatic heterocycles. The van der Waals surface area contributed by atoms with Gasteiger partial charge in [-0.05, 0) is 49.1 Å². The Labute approximate surface area is 100 Å². The Kier molecular flexibility index (Phi) is 3.81. The summed E-state index contributed by atoms with van der Waals surface area (Å²) in [6.45, 7) is 3.39. The first-order valence-electron chi connectivity index (χ1n) is 5.83. The molecule has 1 nitrogen and oxygen atoms in total. The molecule has 1 aliphatic rings. The summed E-state index contributed by atoms with van der Waals surface area (Å²) in [7, 11) is 0. The molecule has 0 spiro atoms. The molecule has 0 radical (unpaired) electrons. The second kappa shape index (κ2) is 5.13. The smallest absolute Gasteiger partial charge is 0.0326 e. The zero-order valence-electron chi connectivity index (χ0n) is 9.22. The van der Waals surface area contributed by atoms with Gasteiger partial charge in [0.2, 0.25) is 0 Å². The number of nitrogens with one attached hydrogen (secondary N) is 1. The molecule has 0 heterocycles. The summed E-state index contributed by atoms with van der Waals surface area (Å²) in [6.07, 6.45) is 5.03. The lowest BCUT2D eigenvalue weighted by atomic mass is 10.1. The van der Waals surface area contributed by atoms with Gasteiger partial charge >= 0.3 is 0 Å². The van der Waals surface area contributed by atoms with E-state index in [1.165, 1.54) is 41.3 Å². The zero-order chi connectivity index (χ0) is 10.7. The lowest BCUT2D eigenvalue weighted by Gasteiger charge is -2.13. The van der Waals surface area contributed by atoms with Gasteiger partial charge < -0.3 is 5.32 Å². The van der Waals surface area contributed by atoms with Crippen LogP contribution in [0.3, 0.4) is 0 Å². The van der Waals surface area contributed by atoms with E-state index >= 15 is 0 Å². The van der Waals surface area contributed by atoms with Crippen LogP contribution in [0.25, 0.3) is 0 Å². The van der Waals surface area contributed by atoms with Crippen LogP contribution in [0.15, 0.2) is 22.7 Å². The molecule has 1 unspecified atom stereocenters. The maximum absolute atomic E-state index is 3.64. The van der Waals surface area contributed by atoms with E-state index in [1.807, 2.05) is 0 Å². The lowest BCUT2D eigenvalue weighted by molar-refractivity contribution is 0.518. The van der Waals surface area contributed by atoms with Crippen LogP contribution in [-0.2, 0) is 6.42 Å². The van der Waals surface area contributed by atoms with E-state index < -0.39 is 0 Å². The first-order chi connectivity index (χ1) is 7.31. The Bertz CT molecular complexity index is 335. The fourth-order valence-corrected chi connectivity index (χ4v) is 2.66. The molecule has 0 saturated carbocycles. The van der Waals surface area contributed by atoms with Crippen LogP contribution in [0.1, 0.15) is 43.4 Å². The van der Waals surface area contributed by atoms with E-state index in [-0.39, 0.29) is 0 Å². The molecule has 2 rings (SSSR count). The van der Waals surface area contributed by atoms with Crippen LogP contribution in [-0.4, -0.2) is 6.54 Å². The van der Waals surface area contributed by atoms with E-state index in [0.29, 0.717) is 6.04 Å². The second-order valence-corrected chi connectivity index (χ2v) is 5.16. The molecule has 1 aromatic rings. The second-order valence-electron chi connectivity index (χ2n) is 4.24. The van der Waals surface area contributed by atoms with Crippen molar-refractivity contribution in [3.8, 4) is 0 Å². The number of benzene rings is 1. The van der Waals surface area contributed by atoms with Crippen LogP contribution in [0, 0.1) is 0 Å². The van der Waals surface area contributed by atoms with Gasteiger partial charge in [-0.1, -0.05) is 35.3 Å². The van der Waals surface area contributed by atoms with Crippen molar-refractivity contribution in [2.45, 2.75) is 38.6 Å². The number of hydrogen-bond acceptors (Lipinski definition) is 1. The van der Waals surface area contributed by atoms with Gasteiger partial charge in [-0.15, -0.1) is 0 Å². The highest BCUT2D eigenvalue weighted by Gasteiger charge is 2.21. The third-order valence-corrected chi connectivity index (χ3v) is 3.60. The largest absolute Gasteiger partial charge is 0.310 e. The maximum atomic E-state index is 3.64. The topological polar surface area (TPSA) is 12.0 Å². The van der Waals surface area contributed by atoms with Gasteiger partial charge in [0.1, 0.15) is 0 Å². The molecule has 15 heavy (non-hydrogen) atoms. The summed E-state index contributed by atoms with van der Waals surface area (Å²) >= 11 is 3.53. The van der Waals surface area contributed by atoms with Gasteiger partial charge in [0.05, 0.1) is 0 Å². The standard InChI is InChI=1S/C13H18BrN/c1-2-3-8-15-13-7-4-10-9-11(14)5-6-12(10)13/h5-6,9,13,15H,2-4,7-8H2,1H3. The van der Waals surface area contributed by atoms with E-state index in [4.69, 9.17) is 0 Å². The van der Waals surface area contributed by atoms with Crippen molar-refractivity contribution in [3.05, 3.63) is 33.8 Å². The Hall–Kier alpha value is -0.340. The van der Waals surface area contributed by atoms with Gasteiger partial charge in [-0.2, -0.15) is 0 Å². The number of rotatable bonds is 4. The van der Waals surface area contributed by atoms with E-state index in [0.717, 1.165) is 6.54 Å². The van der Waals surface area contributed by atoms with Crippen molar-refractivity contribution in [2.24, 2.45) is 0 Å². The molecule has 1 atom stereocenters. The minimum absolute atomic E-state index is 0.597. The minimum atomic E-state index is 0.597. The summed E-state index contributed by atoms with van der Waals surface area (Å²) in [5, 5.41) is 3.64. The first kappa shape index (κ1) is 11.2. The fraction of sp³-hybridized carbons (Fsp3) is 0.538. The summed E-state index contributed by atoms with van der Waals surface area (Å²) in [5.41, 5.74) is 3.02. The van der Waals surface area contributed by atoms with Crippen LogP contribution in [0.2, 0.25) is 0 Å². The zero-order valence-corrected chi connectivity index (χ0v) is 10.8. The fourth-order valence-electron chi connectivity index (χ4n) is 2.25. The third kappa shape index (κ3) is 2.61. The molecule has 0 fully saturated rings. The highest BCUT2D eigenvalue weighted by Crippen LogP contribution is 2.32. The normalized spacial score (nSPS) is 19.2. The first-order valence-corrected chi connectivity index (χ1v) is 6.62. The average molecular weight is 268 g/mol. The van der Waals surface area contributed by atoms with Crippen molar-refractivity contribution >= 4 is 15.9 Å². The predicted octanol–water partition coefficient (Wildman–Crippen LogP) is 3.83. The van der Waals surface area contributed by atoms with Crippen LogP contribution in [0.5, 0.6) is 0 Å². The van der Waals surface area contributed by atoms with Gasteiger partial charge in [0, 0.05) is 10.5 Å². The van der Waals surface area contributed by atoms with Crippen LogP contribution < -0.4 is 5.32 Å². The minimum Gasteiger partial charge on any atom is -0.310 e. The lowest BCUT2D eigenvalue weighted by Crippen LogP contribution is -2.20. The van der Waals surface area contributed by atoms with Crippen molar-refractivity contribution in [1.82, 2.24) is 5.32 Å². The third-order valence-electron chi connectivity index (χ3n) is 3.10. The molecule has 82 valence electrons. The summed E-state index contributed by atoms with van der Waals surface area (Å²) < 4.78 is 1.20. The number of aryl methyl sites for hydroxylation is 1. The number of unbranched alkanes of at least 4 members (excludes halogenated alkanes) is 1. The maximum Gasteiger partial charge on any atom is 0.0326 e. The Morgan fingerprint density at radius 2 is 2.33 bits per heavy atom. The van der Waals surface area contributed by atoms with Gasteiger partial charge in [-0.3, -0.25) is 0 Å². The number of halogens is 1. The van der Waals surface area contributed by atoms with Crippen LogP contribution in [0.4, 0.5) is 0 Å². The summed E-state index contributed by atoms with van der Waals surface area (Å²) in [6, 6.07) is 7.27. The summed E-state index contributed by atoms with van der Waals surface area (Å²) in [5.74, 6) is 0. The molecule has 1 N–H and O–H groups in total. The molecule has 0 bridgehead atoms. The monoisotopic (exact) mass is 267 g/mol. The van der Waals surface area contributed by atoms with Gasteiger partial charge in [-0.25, -0.2) is 0 Å². The Morgan fingerprint density at radius 1 is 1.47 bits per heavy atom. The summed E-state index contributed by atoms with van der Waals surface area (Å²) in [4.78, 5) is 0. The van der Waals surface area contributed by atoms with Crippen LogP contribution >= 0.6 is 15.9 Å². The number of fused-ring (bicyclic) bond motifs is 1. The Morgan fingerprint density at radius 3 is 3.13 bits per heavy atom. The molecule has 0 amide bonds. The van der Waals surface area contributed by atoms with Crippen molar-refractivity contribution in [2.75, 3.05) is 6.54 Å². The average Bonchev–Trinajstić information content (AvgIpc) is 2.61. The van der Waals surface area contributed by atoms with Crippen molar-refractivity contribution in [1.29, 1.82) is 0 Å². The SMILES string of the molecule is CCCCNC1CCc2cc(Br)ccc21.